The van der Waals surface area contributed by atoms with Crippen molar-refractivity contribution in [2.45, 2.75) is 33.6 Å². The Morgan fingerprint density at radius 3 is 1.75 bits per heavy atom. The van der Waals surface area contributed by atoms with Gasteiger partial charge in [0.25, 0.3) is 0 Å². The van der Waals surface area contributed by atoms with Crippen molar-refractivity contribution >= 4 is 11.9 Å². The average molecular weight is 388 g/mol. The van der Waals surface area contributed by atoms with Crippen LogP contribution in [0.4, 0.5) is 0 Å². The Kier molecular flexibility index (Phi) is 10.2. The summed E-state index contributed by atoms with van der Waals surface area (Å²) >= 11 is 0. The van der Waals surface area contributed by atoms with Crippen LogP contribution >= 0.6 is 0 Å². The molecule has 0 heterocycles. The summed E-state index contributed by atoms with van der Waals surface area (Å²) in [7, 11) is 0. The minimum absolute atomic E-state index is 0.0333. The molecule has 0 atom stereocenters. The van der Waals surface area contributed by atoms with Crippen LogP contribution in [0.3, 0.4) is 0 Å². The molecule has 0 aliphatic heterocycles. The molecule has 0 spiro atoms. The summed E-state index contributed by atoms with van der Waals surface area (Å²) in [4.78, 5) is 22.7. The maximum Gasteiger partial charge on any atom is 0.341 e. The quantitative estimate of drug-likeness (QED) is 0.534. The first kappa shape index (κ1) is 23.0. The first-order chi connectivity index (χ1) is 13.4. The normalized spacial score (nSPS) is 10.0. The maximum absolute atomic E-state index is 11.4. The highest BCUT2D eigenvalue weighted by Crippen LogP contribution is 2.17. The summed E-state index contributed by atoms with van der Waals surface area (Å²) in [6.07, 6.45) is 1.83. The van der Waals surface area contributed by atoms with Crippen LogP contribution in [0, 0.1) is 5.92 Å². The number of phenolic OH excluding ortho intramolecular Hbond substituents is 2. The molecule has 0 amide bonds. The van der Waals surface area contributed by atoms with Gasteiger partial charge in [0.05, 0.1) is 13.2 Å². The van der Waals surface area contributed by atoms with E-state index in [2.05, 4.69) is 0 Å². The second kappa shape index (κ2) is 12.4. The van der Waals surface area contributed by atoms with Gasteiger partial charge in [-0.3, -0.25) is 0 Å². The average Bonchev–Trinajstić information content (AvgIpc) is 2.67. The van der Waals surface area contributed by atoms with Crippen LogP contribution in [0.1, 0.15) is 54.3 Å². The second-order valence-electron chi connectivity index (χ2n) is 6.52. The molecular weight excluding hydrogens is 360 g/mol. The van der Waals surface area contributed by atoms with Crippen LogP contribution in [-0.4, -0.2) is 35.4 Å². The zero-order valence-electron chi connectivity index (χ0n) is 16.6. The predicted molar refractivity (Wildman–Crippen MR) is 107 cm³/mol. The third kappa shape index (κ3) is 8.12. The van der Waals surface area contributed by atoms with Gasteiger partial charge in [-0.2, -0.15) is 0 Å². The van der Waals surface area contributed by atoms with E-state index in [4.69, 9.17) is 9.47 Å². The molecule has 2 aromatic carbocycles. The Bertz CT molecular complexity index is 754. The first-order valence-corrected chi connectivity index (χ1v) is 9.27. The lowest BCUT2D eigenvalue weighted by molar-refractivity contribution is 0.0453. The fourth-order valence-corrected chi connectivity index (χ4v) is 2.00. The monoisotopic (exact) mass is 388 g/mol. The minimum atomic E-state index is -0.475. The van der Waals surface area contributed by atoms with Crippen LogP contribution in [0.15, 0.2) is 48.5 Å². The Hall–Kier alpha value is -3.02. The van der Waals surface area contributed by atoms with Crippen molar-refractivity contribution < 1.29 is 29.3 Å². The molecule has 6 heteroatoms. The van der Waals surface area contributed by atoms with E-state index in [1.165, 1.54) is 18.2 Å². The Labute approximate surface area is 165 Å². The summed E-state index contributed by atoms with van der Waals surface area (Å²) in [6, 6.07) is 12.7. The third-order valence-corrected chi connectivity index (χ3v) is 3.53. The van der Waals surface area contributed by atoms with Crippen LogP contribution in [-0.2, 0) is 9.47 Å². The molecule has 0 aliphatic rings. The lowest BCUT2D eigenvalue weighted by Crippen LogP contribution is -2.10. The van der Waals surface area contributed by atoms with Crippen molar-refractivity contribution in [3.8, 4) is 11.5 Å². The van der Waals surface area contributed by atoms with Crippen LogP contribution in [0.25, 0.3) is 0 Å². The molecule has 0 aromatic heterocycles. The SMILES string of the molecule is CC(C)COC(=O)c1ccccc1O.CCCCOC(=O)c1ccccc1O. The molecule has 28 heavy (non-hydrogen) atoms. The van der Waals surface area contributed by atoms with Gasteiger partial charge in [-0.1, -0.05) is 51.5 Å². The van der Waals surface area contributed by atoms with Crippen molar-refractivity contribution in [1.82, 2.24) is 0 Å². The molecule has 0 saturated heterocycles. The molecule has 2 rings (SSSR count). The van der Waals surface area contributed by atoms with Crippen molar-refractivity contribution in [3.05, 3.63) is 59.7 Å². The predicted octanol–water partition coefficient (Wildman–Crippen LogP) is 4.55. The number of hydrogen-bond donors (Lipinski definition) is 2. The Balaban J connectivity index is 0.000000280. The number of rotatable bonds is 7. The van der Waals surface area contributed by atoms with Gasteiger partial charge in [0.2, 0.25) is 0 Å². The summed E-state index contributed by atoms with van der Waals surface area (Å²) in [5.41, 5.74) is 0.441. The van der Waals surface area contributed by atoms with E-state index in [-0.39, 0.29) is 22.6 Å². The van der Waals surface area contributed by atoms with Gasteiger partial charge in [-0.05, 0) is 36.6 Å². The largest absolute Gasteiger partial charge is 0.507 e. The molecule has 0 bridgehead atoms. The topological polar surface area (TPSA) is 93.1 Å². The zero-order valence-corrected chi connectivity index (χ0v) is 16.6. The summed E-state index contributed by atoms with van der Waals surface area (Å²) in [5, 5.41) is 18.7. The molecule has 0 aliphatic carbocycles. The molecule has 0 unspecified atom stereocenters. The number of carbonyl (C=O) groups is 2. The van der Waals surface area contributed by atoms with E-state index < -0.39 is 11.9 Å². The van der Waals surface area contributed by atoms with E-state index in [1.54, 1.807) is 30.3 Å². The summed E-state index contributed by atoms with van der Waals surface area (Å²) in [5.74, 6) is -0.714. The van der Waals surface area contributed by atoms with Gasteiger partial charge >= 0.3 is 11.9 Å². The minimum Gasteiger partial charge on any atom is -0.507 e. The lowest BCUT2D eigenvalue weighted by Gasteiger charge is -2.07. The molecule has 2 N–H and O–H groups in total. The number of phenols is 2. The van der Waals surface area contributed by atoms with Gasteiger partial charge < -0.3 is 19.7 Å². The number of ether oxygens (including phenoxy) is 2. The van der Waals surface area contributed by atoms with Crippen LogP contribution < -0.4 is 0 Å². The van der Waals surface area contributed by atoms with Gasteiger partial charge in [0.1, 0.15) is 22.6 Å². The van der Waals surface area contributed by atoms with Gasteiger partial charge in [-0.25, -0.2) is 9.59 Å². The molecule has 152 valence electrons. The zero-order chi connectivity index (χ0) is 20.9. The third-order valence-electron chi connectivity index (χ3n) is 3.53. The van der Waals surface area contributed by atoms with Crippen molar-refractivity contribution in [3.63, 3.8) is 0 Å². The molecule has 0 radical (unpaired) electrons. The fraction of sp³-hybridized carbons (Fsp3) is 0.364. The van der Waals surface area contributed by atoms with Crippen molar-refractivity contribution in [2.24, 2.45) is 5.92 Å². The van der Waals surface area contributed by atoms with Gasteiger partial charge in [0.15, 0.2) is 0 Å². The van der Waals surface area contributed by atoms with Gasteiger partial charge in [0, 0.05) is 0 Å². The van der Waals surface area contributed by atoms with E-state index in [0.717, 1.165) is 12.8 Å². The highest BCUT2D eigenvalue weighted by atomic mass is 16.5. The Morgan fingerprint density at radius 1 is 0.857 bits per heavy atom. The molecule has 6 nitrogen and oxygen atoms in total. The molecule has 0 fully saturated rings. The second-order valence-corrected chi connectivity index (χ2v) is 6.52. The van der Waals surface area contributed by atoms with E-state index in [1.807, 2.05) is 20.8 Å². The highest BCUT2D eigenvalue weighted by Gasteiger charge is 2.12. The molecule has 0 saturated carbocycles. The van der Waals surface area contributed by atoms with Crippen molar-refractivity contribution in [2.75, 3.05) is 13.2 Å². The standard InChI is InChI=1S/2C11H14O3/c1-8(2)7-14-11(13)9-5-3-4-6-10(9)12;1-2-3-8-14-11(13)9-6-4-5-7-10(9)12/h3-6,8,12H,7H2,1-2H3;4-7,12H,2-3,8H2,1H3. The first-order valence-electron chi connectivity index (χ1n) is 9.27. The van der Waals surface area contributed by atoms with E-state index in [9.17, 15) is 19.8 Å². The fourth-order valence-electron chi connectivity index (χ4n) is 2.00. The number of aromatic hydroxyl groups is 2. The van der Waals surface area contributed by atoms with Crippen LogP contribution in [0.2, 0.25) is 0 Å². The molecule has 2 aromatic rings. The number of hydrogen-bond acceptors (Lipinski definition) is 6. The molecular formula is C22H28O6. The highest BCUT2D eigenvalue weighted by molar-refractivity contribution is 5.92. The maximum atomic E-state index is 11.4. The number of unbranched alkanes of at least 4 members (excludes halogenated alkanes) is 1. The summed E-state index contributed by atoms with van der Waals surface area (Å²) < 4.78 is 9.92. The van der Waals surface area contributed by atoms with E-state index in [0.29, 0.717) is 19.1 Å². The Morgan fingerprint density at radius 2 is 1.32 bits per heavy atom. The number of para-hydroxylation sites is 2. The summed E-state index contributed by atoms with van der Waals surface area (Å²) in [6.45, 7) is 6.71. The van der Waals surface area contributed by atoms with Gasteiger partial charge in [-0.15, -0.1) is 0 Å². The lowest BCUT2D eigenvalue weighted by atomic mass is 10.2. The number of esters is 2. The van der Waals surface area contributed by atoms with Crippen LogP contribution in [0.5, 0.6) is 11.5 Å². The van der Waals surface area contributed by atoms with Crippen molar-refractivity contribution in [1.29, 1.82) is 0 Å². The smallest absolute Gasteiger partial charge is 0.341 e. The van der Waals surface area contributed by atoms with E-state index >= 15 is 0 Å². The number of benzene rings is 2. The number of carbonyl (C=O) groups excluding carboxylic acids is 2.